The van der Waals surface area contributed by atoms with Gasteiger partial charge in [0, 0.05) is 4.90 Å². The molecule has 0 aliphatic carbocycles. The maximum atomic E-state index is 11.6. The van der Waals surface area contributed by atoms with Crippen molar-refractivity contribution in [1.82, 2.24) is 0 Å². The lowest BCUT2D eigenvalue weighted by Gasteiger charge is -2.08. The maximum absolute atomic E-state index is 11.6. The standard InChI is InChI=1S/C12H14O4S/c1-3-16-12(15)10-5-4-9(17-2)6-8(10)7-11(13)14/h4-6H,3,7H2,1-2H3,(H,13,14). The van der Waals surface area contributed by atoms with Gasteiger partial charge in [0.2, 0.25) is 0 Å². The first kappa shape index (κ1) is 13.6. The van der Waals surface area contributed by atoms with Gasteiger partial charge in [-0.25, -0.2) is 4.79 Å². The van der Waals surface area contributed by atoms with Crippen LogP contribution in [0.2, 0.25) is 0 Å². The first-order chi connectivity index (χ1) is 8.08. The summed E-state index contributed by atoms with van der Waals surface area (Å²) in [5.41, 5.74) is 0.815. The van der Waals surface area contributed by atoms with E-state index in [4.69, 9.17) is 9.84 Å². The molecule has 0 fully saturated rings. The van der Waals surface area contributed by atoms with Gasteiger partial charge in [-0.05, 0) is 36.9 Å². The van der Waals surface area contributed by atoms with Crippen molar-refractivity contribution in [3.63, 3.8) is 0 Å². The molecule has 5 heteroatoms. The third kappa shape index (κ3) is 3.78. The summed E-state index contributed by atoms with van der Waals surface area (Å²) in [6, 6.07) is 5.11. The third-order valence-corrected chi connectivity index (χ3v) is 2.87. The van der Waals surface area contributed by atoms with Crippen LogP contribution in [-0.2, 0) is 16.0 Å². The van der Waals surface area contributed by atoms with Gasteiger partial charge in [-0.1, -0.05) is 0 Å². The molecule has 0 heterocycles. The van der Waals surface area contributed by atoms with Gasteiger partial charge in [-0.3, -0.25) is 4.79 Å². The van der Waals surface area contributed by atoms with E-state index in [2.05, 4.69) is 0 Å². The summed E-state index contributed by atoms with van der Waals surface area (Å²) in [6.45, 7) is 1.99. The van der Waals surface area contributed by atoms with E-state index in [-0.39, 0.29) is 13.0 Å². The average Bonchev–Trinajstić information content (AvgIpc) is 2.28. The van der Waals surface area contributed by atoms with E-state index in [1.807, 2.05) is 6.26 Å². The van der Waals surface area contributed by atoms with E-state index >= 15 is 0 Å². The molecule has 0 aromatic heterocycles. The summed E-state index contributed by atoms with van der Waals surface area (Å²) >= 11 is 1.50. The summed E-state index contributed by atoms with van der Waals surface area (Å²) in [5.74, 6) is -1.44. The number of carboxylic acids is 1. The molecule has 1 aromatic carbocycles. The van der Waals surface area contributed by atoms with Crippen LogP contribution < -0.4 is 0 Å². The number of carbonyl (C=O) groups excluding carboxylic acids is 1. The van der Waals surface area contributed by atoms with Crippen LogP contribution in [0.25, 0.3) is 0 Å². The SMILES string of the molecule is CCOC(=O)c1ccc(SC)cc1CC(=O)O. The van der Waals surface area contributed by atoms with Crippen molar-refractivity contribution >= 4 is 23.7 Å². The van der Waals surface area contributed by atoms with Crippen LogP contribution in [0, 0.1) is 0 Å². The summed E-state index contributed by atoms with van der Waals surface area (Å²) in [4.78, 5) is 23.3. The summed E-state index contributed by atoms with van der Waals surface area (Å²) in [5, 5.41) is 8.81. The number of hydrogen-bond acceptors (Lipinski definition) is 4. The minimum absolute atomic E-state index is 0.178. The third-order valence-electron chi connectivity index (χ3n) is 2.15. The Balaban J connectivity index is 3.09. The van der Waals surface area contributed by atoms with Crippen LogP contribution in [0.15, 0.2) is 23.1 Å². The summed E-state index contributed by atoms with van der Waals surface area (Å²) in [7, 11) is 0. The summed E-state index contributed by atoms with van der Waals surface area (Å²) < 4.78 is 4.89. The van der Waals surface area contributed by atoms with E-state index in [1.54, 1.807) is 25.1 Å². The number of esters is 1. The Morgan fingerprint density at radius 2 is 2.12 bits per heavy atom. The first-order valence-electron chi connectivity index (χ1n) is 5.14. The molecule has 0 spiro atoms. The van der Waals surface area contributed by atoms with Crippen LogP contribution in [0.4, 0.5) is 0 Å². The van der Waals surface area contributed by atoms with E-state index in [0.717, 1.165) is 4.90 Å². The number of thioether (sulfide) groups is 1. The van der Waals surface area contributed by atoms with Gasteiger partial charge in [0.25, 0.3) is 0 Å². The van der Waals surface area contributed by atoms with Gasteiger partial charge in [0.05, 0.1) is 18.6 Å². The highest BCUT2D eigenvalue weighted by molar-refractivity contribution is 7.98. The molecule has 1 aromatic rings. The molecule has 0 aliphatic heterocycles. The monoisotopic (exact) mass is 254 g/mol. The average molecular weight is 254 g/mol. The maximum Gasteiger partial charge on any atom is 0.338 e. The Bertz CT molecular complexity index is 429. The van der Waals surface area contributed by atoms with Crippen molar-refractivity contribution in [2.75, 3.05) is 12.9 Å². The minimum Gasteiger partial charge on any atom is -0.481 e. The smallest absolute Gasteiger partial charge is 0.338 e. The fourth-order valence-corrected chi connectivity index (χ4v) is 1.88. The Morgan fingerprint density at radius 1 is 1.41 bits per heavy atom. The van der Waals surface area contributed by atoms with Crippen molar-refractivity contribution in [3.05, 3.63) is 29.3 Å². The number of hydrogen-bond donors (Lipinski definition) is 1. The number of rotatable bonds is 5. The lowest BCUT2D eigenvalue weighted by atomic mass is 10.0. The topological polar surface area (TPSA) is 63.6 Å². The predicted octanol–water partition coefficient (Wildman–Crippen LogP) is 2.21. The number of benzene rings is 1. The first-order valence-corrected chi connectivity index (χ1v) is 6.36. The Hall–Kier alpha value is -1.49. The van der Waals surface area contributed by atoms with E-state index in [9.17, 15) is 9.59 Å². The predicted molar refractivity (Wildman–Crippen MR) is 65.5 cm³/mol. The molecule has 0 bridgehead atoms. The molecule has 0 unspecified atom stereocenters. The van der Waals surface area contributed by atoms with Crippen molar-refractivity contribution in [3.8, 4) is 0 Å². The largest absolute Gasteiger partial charge is 0.481 e. The highest BCUT2D eigenvalue weighted by Crippen LogP contribution is 2.20. The molecule has 0 atom stereocenters. The van der Waals surface area contributed by atoms with Gasteiger partial charge >= 0.3 is 11.9 Å². The van der Waals surface area contributed by atoms with Gasteiger partial charge in [-0.15, -0.1) is 11.8 Å². The lowest BCUT2D eigenvalue weighted by molar-refractivity contribution is -0.136. The van der Waals surface area contributed by atoms with Gasteiger partial charge in [-0.2, -0.15) is 0 Å². The van der Waals surface area contributed by atoms with Crippen molar-refractivity contribution in [2.24, 2.45) is 0 Å². The van der Waals surface area contributed by atoms with Crippen molar-refractivity contribution < 1.29 is 19.4 Å². The fraction of sp³-hybridized carbons (Fsp3) is 0.333. The Labute approximate surface area is 104 Å². The zero-order valence-electron chi connectivity index (χ0n) is 9.73. The van der Waals surface area contributed by atoms with Gasteiger partial charge in [0.15, 0.2) is 0 Å². The number of carbonyl (C=O) groups is 2. The van der Waals surface area contributed by atoms with Crippen molar-refractivity contribution in [2.45, 2.75) is 18.2 Å². The van der Waals surface area contributed by atoms with Crippen LogP contribution in [0.1, 0.15) is 22.8 Å². The minimum atomic E-state index is -0.964. The molecule has 1 N–H and O–H groups in total. The second-order valence-corrected chi connectivity index (χ2v) is 4.19. The highest BCUT2D eigenvalue weighted by Gasteiger charge is 2.15. The van der Waals surface area contributed by atoms with Gasteiger partial charge in [0.1, 0.15) is 0 Å². The summed E-state index contributed by atoms with van der Waals surface area (Å²) in [6.07, 6.45) is 1.71. The number of ether oxygens (including phenoxy) is 1. The second kappa shape index (κ2) is 6.30. The molecular formula is C12H14O4S. The normalized spacial score (nSPS) is 10.0. The van der Waals surface area contributed by atoms with Crippen LogP contribution in [0.5, 0.6) is 0 Å². The van der Waals surface area contributed by atoms with E-state index in [0.29, 0.717) is 11.1 Å². The Morgan fingerprint density at radius 3 is 2.65 bits per heavy atom. The van der Waals surface area contributed by atoms with Crippen molar-refractivity contribution in [1.29, 1.82) is 0 Å². The molecule has 0 radical (unpaired) electrons. The quantitative estimate of drug-likeness (QED) is 0.644. The Kier molecular flexibility index (Phi) is 5.03. The molecule has 0 aliphatic rings. The van der Waals surface area contributed by atoms with Crippen LogP contribution >= 0.6 is 11.8 Å². The van der Waals surface area contributed by atoms with Gasteiger partial charge < -0.3 is 9.84 Å². The molecule has 0 amide bonds. The highest BCUT2D eigenvalue weighted by atomic mass is 32.2. The van der Waals surface area contributed by atoms with Crippen LogP contribution in [0.3, 0.4) is 0 Å². The molecule has 0 saturated carbocycles. The molecule has 92 valence electrons. The van der Waals surface area contributed by atoms with E-state index < -0.39 is 11.9 Å². The molecule has 1 rings (SSSR count). The fourth-order valence-electron chi connectivity index (χ4n) is 1.41. The zero-order chi connectivity index (χ0) is 12.8. The van der Waals surface area contributed by atoms with Crippen LogP contribution in [-0.4, -0.2) is 29.9 Å². The van der Waals surface area contributed by atoms with E-state index in [1.165, 1.54) is 11.8 Å². The zero-order valence-corrected chi connectivity index (χ0v) is 10.5. The number of aliphatic carboxylic acids is 1. The second-order valence-electron chi connectivity index (χ2n) is 3.31. The molecule has 4 nitrogen and oxygen atoms in total. The lowest BCUT2D eigenvalue weighted by Crippen LogP contribution is -2.11. The molecule has 0 saturated heterocycles. The molecule has 17 heavy (non-hydrogen) atoms. The number of carboxylic acid groups (broad SMARTS) is 1. The molecular weight excluding hydrogens is 240 g/mol.